The fourth-order valence-corrected chi connectivity index (χ4v) is 5.70. The van der Waals surface area contributed by atoms with Crippen molar-refractivity contribution in [2.24, 2.45) is 11.3 Å². The third-order valence-corrected chi connectivity index (χ3v) is 7.11. The normalized spacial score (nSPS) is 30.6. The molecule has 1 aromatic carbocycles. The molecule has 0 aliphatic heterocycles. The summed E-state index contributed by atoms with van der Waals surface area (Å²) in [6, 6.07) is 2.35. The van der Waals surface area contributed by atoms with Crippen molar-refractivity contribution in [3.63, 3.8) is 0 Å². The zero-order valence-electron chi connectivity index (χ0n) is 16.9. The summed E-state index contributed by atoms with van der Waals surface area (Å²) in [7, 11) is 3.51. The molecule has 0 aromatic heterocycles. The van der Waals surface area contributed by atoms with E-state index in [0.717, 1.165) is 37.2 Å². The van der Waals surface area contributed by atoms with Crippen molar-refractivity contribution < 1.29 is 14.6 Å². The molecule has 1 fully saturated rings. The maximum atomic E-state index is 10.6. The van der Waals surface area contributed by atoms with Crippen LogP contribution < -0.4 is 9.47 Å². The first-order valence-corrected chi connectivity index (χ1v) is 9.64. The SMILES string of the molecule is COc1c(C(C)C)cc2c(c1OC)[C@@]1(C)CC[C@@H](O)C(C)(C)C1CC2. The molecule has 0 bridgehead atoms. The van der Waals surface area contributed by atoms with E-state index in [1.54, 1.807) is 14.2 Å². The minimum Gasteiger partial charge on any atom is -0.493 e. The van der Waals surface area contributed by atoms with Gasteiger partial charge in [0.05, 0.1) is 20.3 Å². The first-order valence-electron chi connectivity index (χ1n) is 9.64. The number of hydrogen-bond donors (Lipinski definition) is 1. The number of hydrogen-bond acceptors (Lipinski definition) is 3. The van der Waals surface area contributed by atoms with Gasteiger partial charge in [-0.2, -0.15) is 0 Å². The molecule has 1 unspecified atom stereocenters. The fraction of sp³-hybridized carbons (Fsp3) is 0.727. The quantitative estimate of drug-likeness (QED) is 0.852. The van der Waals surface area contributed by atoms with Gasteiger partial charge >= 0.3 is 0 Å². The molecule has 1 aromatic rings. The van der Waals surface area contributed by atoms with E-state index < -0.39 is 0 Å². The Morgan fingerprint density at radius 1 is 1.08 bits per heavy atom. The molecule has 2 aliphatic rings. The summed E-state index contributed by atoms with van der Waals surface area (Å²) in [5.41, 5.74) is 3.90. The van der Waals surface area contributed by atoms with Crippen LogP contribution in [0.1, 0.15) is 76.5 Å². The molecular formula is C22H34O3. The highest BCUT2D eigenvalue weighted by Crippen LogP contribution is 2.60. The van der Waals surface area contributed by atoms with Gasteiger partial charge in [-0.3, -0.25) is 0 Å². The van der Waals surface area contributed by atoms with Crippen molar-refractivity contribution >= 4 is 0 Å². The molecule has 0 saturated heterocycles. The second kappa shape index (κ2) is 6.19. The monoisotopic (exact) mass is 346 g/mol. The first-order chi connectivity index (χ1) is 11.7. The maximum Gasteiger partial charge on any atom is 0.165 e. The predicted molar refractivity (Wildman–Crippen MR) is 102 cm³/mol. The first kappa shape index (κ1) is 18.6. The van der Waals surface area contributed by atoms with Gasteiger partial charge in [0.2, 0.25) is 0 Å². The molecule has 3 heteroatoms. The van der Waals surface area contributed by atoms with Crippen molar-refractivity contribution in [1.29, 1.82) is 0 Å². The molecule has 3 nitrogen and oxygen atoms in total. The van der Waals surface area contributed by atoms with Crippen LogP contribution in [0.3, 0.4) is 0 Å². The predicted octanol–water partition coefficient (Wildman–Crippen LogP) is 4.83. The van der Waals surface area contributed by atoms with Crippen molar-refractivity contribution in [3.05, 3.63) is 22.8 Å². The van der Waals surface area contributed by atoms with Crippen LogP contribution in [0, 0.1) is 11.3 Å². The van der Waals surface area contributed by atoms with E-state index in [4.69, 9.17) is 9.47 Å². The number of aliphatic hydroxyl groups excluding tert-OH is 1. The van der Waals surface area contributed by atoms with Crippen LogP contribution >= 0.6 is 0 Å². The Bertz CT molecular complexity index is 662. The number of rotatable bonds is 3. The van der Waals surface area contributed by atoms with Crippen molar-refractivity contribution in [3.8, 4) is 11.5 Å². The molecule has 140 valence electrons. The van der Waals surface area contributed by atoms with Gasteiger partial charge in [0.15, 0.2) is 11.5 Å². The van der Waals surface area contributed by atoms with Crippen LogP contribution in [0.25, 0.3) is 0 Å². The second-order valence-electron chi connectivity index (χ2n) is 9.11. The Kier molecular flexibility index (Phi) is 4.60. The second-order valence-corrected chi connectivity index (χ2v) is 9.11. The number of aliphatic hydroxyl groups is 1. The van der Waals surface area contributed by atoms with E-state index in [0.29, 0.717) is 11.8 Å². The number of benzene rings is 1. The lowest BCUT2D eigenvalue weighted by molar-refractivity contribution is -0.0736. The summed E-state index contributed by atoms with van der Waals surface area (Å²) >= 11 is 0. The average molecular weight is 347 g/mol. The minimum absolute atomic E-state index is 0.0183. The van der Waals surface area contributed by atoms with E-state index in [1.807, 2.05) is 0 Å². The van der Waals surface area contributed by atoms with Crippen LogP contribution in [0.4, 0.5) is 0 Å². The summed E-state index contributed by atoms with van der Waals surface area (Å²) in [4.78, 5) is 0. The van der Waals surface area contributed by atoms with Crippen molar-refractivity contribution in [2.45, 2.75) is 77.7 Å². The maximum absolute atomic E-state index is 10.6. The summed E-state index contributed by atoms with van der Waals surface area (Å²) in [6.07, 6.45) is 3.79. The molecule has 0 radical (unpaired) electrons. The van der Waals surface area contributed by atoms with Crippen LogP contribution in [0.15, 0.2) is 6.07 Å². The number of aryl methyl sites for hydroxylation is 1. The van der Waals surface area contributed by atoms with Gasteiger partial charge < -0.3 is 14.6 Å². The summed E-state index contributed by atoms with van der Waals surface area (Å²) in [6.45, 7) is 11.3. The smallest absolute Gasteiger partial charge is 0.165 e. The molecular weight excluding hydrogens is 312 g/mol. The third-order valence-electron chi connectivity index (χ3n) is 7.11. The van der Waals surface area contributed by atoms with E-state index in [1.165, 1.54) is 16.7 Å². The molecule has 0 spiro atoms. The zero-order chi connectivity index (χ0) is 18.6. The van der Waals surface area contributed by atoms with Crippen LogP contribution in [0.2, 0.25) is 0 Å². The van der Waals surface area contributed by atoms with Crippen LogP contribution in [-0.4, -0.2) is 25.4 Å². The molecule has 3 atom stereocenters. The lowest BCUT2D eigenvalue weighted by Crippen LogP contribution is -2.54. The van der Waals surface area contributed by atoms with Gasteiger partial charge in [-0.25, -0.2) is 0 Å². The zero-order valence-corrected chi connectivity index (χ0v) is 16.9. The summed E-state index contributed by atoms with van der Waals surface area (Å²) in [5.74, 6) is 2.65. The Hall–Kier alpha value is -1.22. The Balaban J connectivity index is 2.25. The van der Waals surface area contributed by atoms with Gasteiger partial charge in [0.25, 0.3) is 0 Å². The fourth-order valence-electron chi connectivity index (χ4n) is 5.70. The van der Waals surface area contributed by atoms with Gasteiger partial charge in [-0.1, -0.05) is 40.7 Å². The van der Waals surface area contributed by atoms with E-state index in [9.17, 15) is 5.11 Å². The highest BCUT2D eigenvalue weighted by Gasteiger charge is 2.54. The third kappa shape index (κ3) is 2.58. The molecule has 1 saturated carbocycles. The molecule has 25 heavy (non-hydrogen) atoms. The molecule has 0 heterocycles. The van der Waals surface area contributed by atoms with E-state index in [-0.39, 0.29) is 16.9 Å². The topological polar surface area (TPSA) is 38.7 Å². The van der Waals surface area contributed by atoms with Crippen LogP contribution in [-0.2, 0) is 11.8 Å². The Morgan fingerprint density at radius 3 is 2.28 bits per heavy atom. The van der Waals surface area contributed by atoms with Crippen molar-refractivity contribution in [2.75, 3.05) is 14.2 Å². The minimum atomic E-state index is -0.227. The lowest BCUT2D eigenvalue weighted by atomic mass is 9.49. The van der Waals surface area contributed by atoms with Crippen LogP contribution in [0.5, 0.6) is 11.5 Å². The molecule has 2 aliphatic carbocycles. The largest absolute Gasteiger partial charge is 0.493 e. The van der Waals surface area contributed by atoms with Crippen molar-refractivity contribution in [1.82, 2.24) is 0 Å². The van der Waals surface area contributed by atoms with E-state index in [2.05, 4.69) is 40.7 Å². The van der Waals surface area contributed by atoms with Gasteiger partial charge in [-0.05, 0) is 48.5 Å². The number of methoxy groups -OCH3 is 2. The van der Waals surface area contributed by atoms with Gasteiger partial charge in [0.1, 0.15) is 0 Å². The standard InChI is InChI=1S/C22H34O3/c1-13(2)15-12-14-8-9-16-21(3,4)17(23)10-11-22(16,5)18(14)20(25-7)19(15)24-6/h12-13,16-17,23H,8-11H2,1-7H3/t16?,17-,22+/m1/s1. The lowest BCUT2D eigenvalue weighted by Gasteiger charge is -2.56. The highest BCUT2D eigenvalue weighted by atomic mass is 16.5. The van der Waals surface area contributed by atoms with E-state index >= 15 is 0 Å². The van der Waals surface area contributed by atoms with Gasteiger partial charge in [-0.15, -0.1) is 0 Å². The number of ether oxygens (including phenoxy) is 2. The molecule has 0 amide bonds. The Labute approximate surface area is 152 Å². The van der Waals surface area contributed by atoms with Gasteiger partial charge in [0, 0.05) is 16.5 Å². The highest BCUT2D eigenvalue weighted by molar-refractivity contribution is 5.60. The summed E-state index contributed by atoms with van der Waals surface area (Å²) in [5, 5.41) is 10.6. The summed E-state index contributed by atoms with van der Waals surface area (Å²) < 4.78 is 11.8. The number of fused-ring (bicyclic) bond motifs is 3. The Morgan fingerprint density at radius 2 is 1.72 bits per heavy atom. The molecule has 1 N–H and O–H groups in total. The average Bonchev–Trinajstić information content (AvgIpc) is 2.56. The molecule has 3 rings (SSSR count).